The van der Waals surface area contributed by atoms with E-state index in [1.165, 1.54) is 0 Å². The second-order valence-electron chi connectivity index (χ2n) is 4.25. The maximum atomic E-state index is 11.4. The Morgan fingerprint density at radius 1 is 1.14 bits per heavy atom. The van der Waals surface area contributed by atoms with Crippen molar-refractivity contribution in [1.82, 2.24) is 9.97 Å². The first-order valence-corrected chi connectivity index (χ1v) is 7.25. The molecule has 0 saturated heterocycles. The zero-order valence-corrected chi connectivity index (χ0v) is 12.2. The van der Waals surface area contributed by atoms with E-state index in [4.69, 9.17) is 11.6 Å². The van der Waals surface area contributed by atoms with Crippen molar-refractivity contribution in [2.45, 2.75) is 0 Å². The van der Waals surface area contributed by atoms with Gasteiger partial charge in [0.05, 0.1) is 5.69 Å². The molecule has 0 amide bonds. The SMILES string of the molecule is O=C(O)c1sc(-c2ccc(Cl)cc2)nc1-c1cccnc1. The summed E-state index contributed by atoms with van der Waals surface area (Å²) in [4.78, 5) is 20.1. The van der Waals surface area contributed by atoms with Gasteiger partial charge >= 0.3 is 5.97 Å². The van der Waals surface area contributed by atoms with Gasteiger partial charge in [-0.15, -0.1) is 11.3 Å². The number of carboxylic acid groups (broad SMARTS) is 1. The van der Waals surface area contributed by atoms with Crippen LogP contribution in [0.2, 0.25) is 5.02 Å². The maximum absolute atomic E-state index is 11.4. The number of pyridine rings is 1. The van der Waals surface area contributed by atoms with E-state index >= 15 is 0 Å². The molecule has 0 fully saturated rings. The van der Waals surface area contributed by atoms with Crippen molar-refractivity contribution in [3.05, 3.63) is 58.7 Å². The average Bonchev–Trinajstić information content (AvgIpc) is 2.94. The Kier molecular flexibility index (Phi) is 3.68. The van der Waals surface area contributed by atoms with Crippen LogP contribution >= 0.6 is 22.9 Å². The second kappa shape index (κ2) is 5.63. The zero-order valence-electron chi connectivity index (χ0n) is 10.7. The monoisotopic (exact) mass is 316 g/mol. The van der Waals surface area contributed by atoms with Crippen LogP contribution in [0, 0.1) is 0 Å². The predicted octanol–water partition coefficient (Wildman–Crippen LogP) is 4.22. The van der Waals surface area contributed by atoms with E-state index in [9.17, 15) is 9.90 Å². The first-order chi connectivity index (χ1) is 10.1. The van der Waals surface area contributed by atoms with Gasteiger partial charge in [0, 0.05) is 28.5 Å². The van der Waals surface area contributed by atoms with E-state index in [0.717, 1.165) is 16.9 Å². The number of hydrogen-bond acceptors (Lipinski definition) is 4. The van der Waals surface area contributed by atoms with Crippen LogP contribution in [0.5, 0.6) is 0 Å². The zero-order chi connectivity index (χ0) is 14.8. The molecule has 0 bridgehead atoms. The summed E-state index contributed by atoms with van der Waals surface area (Å²) in [5.41, 5.74) is 1.96. The van der Waals surface area contributed by atoms with E-state index in [1.54, 1.807) is 36.7 Å². The molecule has 2 aromatic heterocycles. The minimum absolute atomic E-state index is 0.202. The second-order valence-corrected chi connectivity index (χ2v) is 5.69. The van der Waals surface area contributed by atoms with Crippen LogP contribution in [-0.2, 0) is 0 Å². The Morgan fingerprint density at radius 3 is 2.52 bits per heavy atom. The number of carboxylic acids is 1. The maximum Gasteiger partial charge on any atom is 0.348 e. The molecular weight excluding hydrogens is 308 g/mol. The van der Waals surface area contributed by atoms with Crippen molar-refractivity contribution in [1.29, 1.82) is 0 Å². The van der Waals surface area contributed by atoms with E-state index in [0.29, 0.717) is 21.3 Å². The van der Waals surface area contributed by atoms with Crippen molar-refractivity contribution >= 4 is 28.9 Å². The van der Waals surface area contributed by atoms with Gasteiger partial charge in [0.1, 0.15) is 9.88 Å². The van der Waals surface area contributed by atoms with Crippen molar-refractivity contribution in [2.75, 3.05) is 0 Å². The molecule has 4 nitrogen and oxygen atoms in total. The number of aromatic nitrogens is 2. The van der Waals surface area contributed by atoms with Gasteiger partial charge in [0.2, 0.25) is 0 Å². The van der Waals surface area contributed by atoms with Crippen LogP contribution in [0.25, 0.3) is 21.8 Å². The summed E-state index contributed by atoms with van der Waals surface area (Å²) in [6, 6.07) is 10.7. The molecule has 0 aliphatic rings. The summed E-state index contributed by atoms with van der Waals surface area (Å²) < 4.78 is 0. The molecule has 104 valence electrons. The summed E-state index contributed by atoms with van der Waals surface area (Å²) in [5, 5.41) is 10.6. The van der Waals surface area contributed by atoms with Gasteiger partial charge in [-0.05, 0) is 24.3 Å². The van der Waals surface area contributed by atoms with E-state index in [1.807, 2.05) is 12.1 Å². The quantitative estimate of drug-likeness (QED) is 0.785. The van der Waals surface area contributed by atoms with Gasteiger partial charge in [-0.3, -0.25) is 4.98 Å². The Labute approximate surface area is 129 Å². The lowest BCUT2D eigenvalue weighted by atomic mass is 10.2. The molecule has 0 aliphatic carbocycles. The molecule has 0 aliphatic heterocycles. The lowest BCUT2D eigenvalue weighted by molar-refractivity contribution is 0.0702. The first-order valence-electron chi connectivity index (χ1n) is 6.05. The number of thiazole rings is 1. The van der Waals surface area contributed by atoms with Gasteiger partial charge in [-0.2, -0.15) is 0 Å². The fourth-order valence-electron chi connectivity index (χ4n) is 1.88. The Bertz CT molecular complexity index is 785. The fraction of sp³-hybridized carbons (Fsp3) is 0. The van der Waals surface area contributed by atoms with Gasteiger partial charge in [-0.1, -0.05) is 23.7 Å². The molecular formula is C15H9ClN2O2S. The number of rotatable bonds is 3. The molecule has 3 aromatic rings. The highest BCUT2D eigenvalue weighted by molar-refractivity contribution is 7.17. The van der Waals surface area contributed by atoms with Crippen LogP contribution in [0.4, 0.5) is 0 Å². The first kappa shape index (κ1) is 13.7. The average molecular weight is 317 g/mol. The molecule has 0 spiro atoms. The third kappa shape index (κ3) is 2.79. The molecule has 0 radical (unpaired) electrons. The van der Waals surface area contributed by atoms with E-state index < -0.39 is 5.97 Å². The summed E-state index contributed by atoms with van der Waals surface area (Å²) in [6.45, 7) is 0. The van der Waals surface area contributed by atoms with Crippen LogP contribution in [0.3, 0.4) is 0 Å². The molecule has 1 N–H and O–H groups in total. The molecule has 21 heavy (non-hydrogen) atoms. The Morgan fingerprint density at radius 2 is 1.90 bits per heavy atom. The van der Waals surface area contributed by atoms with Gasteiger partial charge in [0.15, 0.2) is 0 Å². The number of halogens is 1. The summed E-state index contributed by atoms with van der Waals surface area (Å²) in [6.07, 6.45) is 3.24. The normalized spacial score (nSPS) is 10.5. The van der Waals surface area contributed by atoms with E-state index in [-0.39, 0.29) is 4.88 Å². The van der Waals surface area contributed by atoms with Crippen molar-refractivity contribution in [3.8, 4) is 21.8 Å². The molecule has 2 heterocycles. The molecule has 0 unspecified atom stereocenters. The lowest BCUT2D eigenvalue weighted by Crippen LogP contribution is -1.95. The molecule has 6 heteroatoms. The number of nitrogens with zero attached hydrogens (tertiary/aromatic N) is 2. The topological polar surface area (TPSA) is 63.1 Å². The van der Waals surface area contributed by atoms with Crippen LogP contribution < -0.4 is 0 Å². The highest BCUT2D eigenvalue weighted by Crippen LogP contribution is 2.33. The van der Waals surface area contributed by atoms with E-state index in [2.05, 4.69) is 9.97 Å². The highest BCUT2D eigenvalue weighted by atomic mass is 35.5. The summed E-state index contributed by atoms with van der Waals surface area (Å²) in [5.74, 6) is -0.994. The Balaban J connectivity index is 2.13. The van der Waals surface area contributed by atoms with Crippen molar-refractivity contribution < 1.29 is 9.90 Å². The third-order valence-electron chi connectivity index (χ3n) is 2.85. The van der Waals surface area contributed by atoms with Crippen LogP contribution in [-0.4, -0.2) is 21.0 Å². The number of benzene rings is 1. The summed E-state index contributed by atoms with van der Waals surface area (Å²) in [7, 11) is 0. The van der Waals surface area contributed by atoms with Gasteiger partial charge < -0.3 is 5.11 Å². The fourth-order valence-corrected chi connectivity index (χ4v) is 2.94. The molecule has 0 atom stereocenters. The minimum atomic E-state index is -0.994. The summed E-state index contributed by atoms with van der Waals surface area (Å²) >= 11 is 7.00. The predicted molar refractivity (Wildman–Crippen MR) is 82.8 cm³/mol. The van der Waals surface area contributed by atoms with Crippen LogP contribution in [0.1, 0.15) is 9.67 Å². The third-order valence-corrected chi connectivity index (χ3v) is 4.19. The highest BCUT2D eigenvalue weighted by Gasteiger charge is 2.19. The number of carbonyl (C=O) groups is 1. The standard InChI is InChI=1S/C15H9ClN2O2S/c16-11-5-3-9(4-6-11)14-18-12(13(21-14)15(19)20)10-2-1-7-17-8-10/h1-8H,(H,19,20). The van der Waals surface area contributed by atoms with Crippen molar-refractivity contribution in [2.24, 2.45) is 0 Å². The lowest BCUT2D eigenvalue weighted by Gasteiger charge is -1.97. The smallest absolute Gasteiger partial charge is 0.348 e. The molecule has 3 rings (SSSR count). The molecule has 0 saturated carbocycles. The van der Waals surface area contributed by atoms with Crippen LogP contribution in [0.15, 0.2) is 48.8 Å². The minimum Gasteiger partial charge on any atom is -0.477 e. The van der Waals surface area contributed by atoms with Gasteiger partial charge in [-0.25, -0.2) is 9.78 Å². The number of hydrogen-bond donors (Lipinski definition) is 1. The van der Waals surface area contributed by atoms with Gasteiger partial charge in [0.25, 0.3) is 0 Å². The number of aromatic carboxylic acids is 1. The largest absolute Gasteiger partial charge is 0.477 e. The molecule has 1 aromatic carbocycles. The Hall–Kier alpha value is -2.24. The van der Waals surface area contributed by atoms with Crippen molar-refractivity contribution in [3.63, 3.8) is 0 Å².